The van der Waals surface area contributed by atoms with E-state index in [1.807, 2.05) is 39.8 Å². The van der Waals surface area contributed by atoms with Crippen LogP contribution in [0.15, 0.2) is 65.7 Å². The minimum absolute atomic E-state index is 0.0322. The summed E-state index contributed by atoms with van der Waals surface area (Å²) < 4.78 is 7.20. The maximum Gasteiger partial charge on any atom is 0.253 e. The molecule has 5 rings (SSSR count). The Morgan fingerprint density at radius 2 is 1.77 bits per heavy atom. The Hall–Kier alpha value is -3.41. The second kappa shape index (κ2) is 7.44. The molecule has 0 aliphatic carbocycles. The number of amides is 1. The molecule has 4 heterocycles. The van der Waals surface area contributed by atoms with Crippen LogP contribution >= 0.6 is 0 Å². The third-order valence-electron chi connectivity index (χ3n) is 6.21. The Balaban J connectivity index is 1.53. The molecule has 2 aliphatic rings. The van der Waals surface area contributed by atoms with Gasteiger partial charge in [-0.15, -0.1) is 0 Å². The zero-order valence-corrected chi connectivity index (χ0v) is 16.8. The van der Waals surface area contributed by atoms with E-state index in [1.54, 1.807) is 37.7 Å². The number of ether oxygens (including phenoxy) is 1. The number of methoxy groups -OCH3 is 1. The molecular weight excluding hydrogens is 378 g/mol. The lowest BCUT2D eigenvalue weighted by Gasteiger charge is -2.43. The van der Waals surface area contributed by atoms with Crippen LogP contribution in [0.25, 0.3) is 11.1 Å². The maximum atomic E-state index is 13.1. The number of benzene rings is 1. The second-order valence-corrected chi connectivity index (χ2v) is 8.05. The van der Waals surface area contributed by atoms with Gasteiger partial charge >= 0.3 is 0 Å². The van der Waals surface area contributed by atoms with Crippen LogP contribution in [-0.4, -0.2) is 40.6 Å². The van der Waals surface area contributed by atoms with Gasteiger partial charge in [0, 0.05) is 60.8 Å². The first kappa shape index (κ1) is 18.6. The first-order chi connectivity index (χ1) is 14.6. The van der Waals surface area contributed by atoms with E-state index in [1.165, 1.54) is 0 Å². The minimum atomic E-state index is 0.0322. The van der Waals surface area contributed by atoms with Gasteiger partial charge in [-0.25, -0.2) is 0 Å². The lowest BCUT2D eigenvalue weighted by Crippen LogP contribution is -2.49. The van der Waals surface area contributed by atoms with Crippen LogP contribution in [0.2, 0.25) is 0 Å². The van der Waals surface area contributed by atoms with Crippen LogP contribution in [0.3, 0.4) is 0 Å². The fourth-order valence-corrected chi connectivity index (χ4v) is 4.87. The van der Waals surface area contributed by atoms with Crippen LogP contribution in [0, 0.1) is 5.92 Å². The van der Waals surface area contributed by atoms with Crippen LogP contribution in [0.1, 0.15) is 28.4 Å². The molecule has 2 aromatic heterocycles. The van der Waals surface area contributed by atoms with Crippen molar-refractivity contribution < 1.29 is 9.53 Å². The van der Waals surface area contributed by atoms with E-state index in [0.717, 1.165) is 29.0 Å². The number of pyridine rings is 2. The van der Waals surface area contributed by atoms with Gasteiger partial charge in [-0.05, 0) is 48.2 Å². The van der Waals surface area contributed by atoms with E-state index < -0.39 is 0 Å². The summed E-state index contributed by atoms with van der Waals surface area (Å²) in [5.41, 5.74) is 3.84. The van der Waals surface area contributed by atoms with Gasteiger partial charge in [0.1, 0.15) is 5.75 Å². The summed E-state index contributed by atoms with van der Waals surface area (Å²) in [6.07, 6.45) is 4.29. The fraction of sp³-hybridized carbons (Fsp3) is 0.292. The monoisotopic (exact) mass is 401 g/mol. The van der Waals surface area contributed by atoms with Crippen LogP contribution in [0.4, 0.5) is 0 Å². The molecule has 152 valence electrons. The number of nitrogens with zero attached hydrogens (tertiary/aromatic N) is 3. The molecule has 0 spiro atoms. The van der Waals surface area contributed by atoms with E-state index in [9.17, 15) is 9.59 Å². The van der Waals surface area contributed by atoms with Gasteiger partial charge in [0.25, 0.3) is 11.5 Å². The lowest BCUT2D eigenvalue weighted by atomic mass is 9.80. The van der Waals surface area contributed by atoms with Crippen LogP contribution in [0.5, 0.6) is 5.75 Å². The SMILES string of the molecule is COc1ccc(-c2ccc(=O)n3c2[C@H]2C[C@@H](CN(C(=O)c4ccncc4)C2)C3)cc1. The predicted molar refractivity (Wildman–Crippen MR) is 114 cm³/mol. The number of rotatable bonds is 3. The van der Waals surface area contributed by atoms with Gasteiger partial charge < -0.3 is 14.2 Å². The Kier molecular flexibility index (Phi) is 4.62. The molecule has 1 amide bonds. The summed E-state index contributed by atoms with van der Waals surface area (Å²) in [5, 5.41) is 0. The van der Waals surface area contributed by atoms with Crippen molar-refractivity contribution in [3.63, 3.8) is 0 Å². The van der Waals surface area contributed by atoms with Crippen LogP contribution in [-0.2, 0) is 6.54 Å². The van der Waals surface area contributed by atoms with Crippen molar-refractivity contribution in [3.8, 4) is 16.9 Å². The van der Waals surface area contributed by atoms with Crippen molar-refractivity contribution in [2.75, 3.05) is 20.2 Å². The largest absolute Gasteiger partial charge is 0.497 e. The zero-order valence-electron chi connectivity index (χ0n) is 16.8. The van der Waals surface area contributed by atoms with Crippen LogP contribution < -0.4 is 10.3 Å². The zero-order chi connectivity index (χ0) is 20.7. The normalized spacial score (nSPS) is 19.8. The molecule has 0 N–H and O–H groups in total. The number of piperidine rings is 1. The summed E-state index contributed by atoms with van der Waals surface area (Å²) in [6.45, 7) is 1.94. The van der Waals surface area contributed by atoms with Crippen molar-refractivity contribution in [3.05, 3.63) is 82.5 Å². The number of fused-ring (bicyclic) bond motifs is 4. The van der Waals surface area contributed by atoms with Crippen molar-refractivity contribution in [1.29, 1.82) is 0 Å². The summed E-state index contributed by atoms with van der Waals surface area (Å²) in [5.74, 6) is 1.25. The summed E-state index contributed by atoms with van der Waals surface area (Å²) in [7, 11) is 1.65. The second-order valence-electron chi connectivity index (χ2n) is 8.05. The van der Waals surface area contributed by atoms with Crippen molar-refractivity contribution in [2.24, 2.45) is 5.92 Å². The highest BCUT2D eigenvalue weighted by Gasteiger charge is 2.38. The Morgan fingerprint density at radius 3 is 2.50 bits per heavy atom. The van der Waals surface area contributed by atoms with Gasteiger partial charge in [-0.2, -0.15) is 0 Å². The Bertz CT molecular complexity index is 1140. The van der Waals surface area contributed by atoms with Crippen molar-refractivity contribution in [2.45, 2.75) is 18.9 Å². The quantitative estimate of drug-likeness (QED) is 0.676. The smallest absolute Gasteiger partial charge is 0.253 e. The summed E-state index contributed by atoms with van der Waals surface area (Å²) in [4.78, 5) is 31.7. The van der Waals surface area contributed by atoms with E-state index in [4.69, 9.17) is 4.74 Å². The van der Waals surface area contributed by atoms with Gasteiger partial charge in [0.2, 0.25) is 0 Å². The standard InChI is InChI=1S/C24H23N3O3/c1-30-20-4-2-17(3-5-20)21-6-7-22(28)27-14-16-12-19(23(21)27)15-26(13-16)24(29)18-8-10-25-11-9-18/h2-11,16,19H,12-15H2,1H3/t16-,19-/m0/s1. The first-order valence-electron chi connectivity index (χ1n) is 10.2. The Labute approximate surface area is 174 Å². The molecule has 2 atom stereocenters. The molecule has 0 unspecified atom stereocenters. The van der Waals surface area contributed by atoms with E-state index in [-0.39, 0.29) is 23.3 Å². The highest BCUT2D eigenvalue weighted by Crippen LogP contribution is 2.40. The predicted octanol–water partition coefficient (Wildman–Crippen LogP) is 3.18. The number of aromatic nitrogens is 2. The molecule has 1 fully saturated rings. The average molecular weight is 401 g/mol. The number of carbonyl (C=O) groups excluding carboxylic acids is 1. The molecule has 6 heteroatoms. The molecular formula is C24H23N3O3. The molecule has 1 aromatic carbocycles. The summed E-state index contributed by atoms with van der Waals surface area (Å²) >= 11 is 0. The van der Waals surface area contributed by atoms with E-state index in [0.29, 0.717) is 25.2 Å². The van der Waals surface area contributed by atoms with Gasteiger partial charge in [-0.3, -0.25) is 14.6 Å². The molecule has 0 saturated carbocycles. The molecule has 2 bridgehead atoms. The maximum absolute atomic E-state index is 13.1. The molecule has 0 radical (unpaired) electrons. The van der Waals surface area contributed by atoms with Crippen molar-refractivity contribution in [1.82, 2.24) is 14.5 Å². The lowest BCUT2D eigenvalue weighted by molar-refractivity contribution is 0.0595. The van der Waals surface area contributed by atoms with E-state index >= 15 is 0 Å². The Morgan fingerprint density at radius 1 is 1.00 bits per heavy atom. The van der Waals surface area contributed by atoms with Gasteiger partial charge in [0.15, 0.2) is 0 Å². The number of hydrogen-bond acceptors (Lipinski definition) is 4. The molecule has 3 aromatic rings. The number of carbonyl (C=O) groups is 1. The molecule has 30 heavy (non-hydrogen) atoms. The highest BCUT2D eigenvalue weighted by molar-refractivity contribution is 5.94. The van der Waals surface area contributed by atoms with Gasteiger partial charge in [0.05, 0.1) is 7.11 Å². The third-order valence-corrected chi connectivity index (χ3v) is 6.21. The topological polar surface area (TPSA) is 64.4 Å². The molecule has 2 aliphatic heterocycles. The highest BCUT2D eigenvalue weighted by atomic mass is 16.5. The molecule has 1 saturated heterocycles. The third kappa shape index (κ3) is 3.18. The molecule has 6 nitrogen and oxygen atoms in total. The van der Waals surface area contributed by atoms with E-state index in [2.05, 4.69) is 4.98 Å². The minimum Gasteiger partial charge on any atom is -0.497 e. The number of hydrogen-bond donors (Lipinski definition) is 0. The fourth-order valence-electron chi connectivity index (χ4n) is 4.87. The van der Waals surface area contributed by atoms with Crippen molar-refractivity contribution >= 4 is 5.91 Å². The number of likely N-dealkylation sites (tertiary alicyclic amines) is 1. The summed E-state index contributed by atoms with van der Waals surface area (Å²) in [6, 6.07) is 15.0. The first-order valence-corrected chi connectivity index (χ1v) is 10.2. The average Bonchev–Trinajstić information content (AvgIpc) is 2.80. The van der Waals surface area contributed by atoms with Gasteiger partial charge in [-0.1, -0.05) is 12.1 Å².